The first-order valence-corrected chi connectivity index (χ1v) is 6.88. The van der Waals surface area contributed by atoms with Crippen LogP contribution in [-0.2, 0) is 9.53 Å². The molecule has 1 atom stereocenters. The number of hydrogen-bond acceptors (Lipinski definition) is 3. The Labute approximate surface area is 125 Å². The number of rotatable bonds is 3. The number of ether oxygens (including phenoxy) is 1. The highest BCUT2D eigenvalue weighted by Crippen LogP contribution is 2.15. The van der Waals surface area contributed by atoms with Crippen molar-refractivity contribution in [1.82, 2.24) is 5.32 Å². The lowest BCUT2D eigenvalue weighted by Crippen LogP contribution is -2.42. The van der Waals surface area contributed by atoms with Crippen molar-refractivity contribution in [3.8, 4) is 0 Å². The highest BCUT2D eigenvalue weighted by Gasteiger charge is 2.24. The molecule has 0 saturated carbocycles. The summed E-state index contributed by atoms with van der Waals surface area (Å²) in [6.45, 7) is 6.68. The molecule has 6 heteroatoms. The Balaban J connectivity index is 2.73. The van der Waals surface area contributed by atoms with E-state index in [-0.39, 0.29) is 5.56 Å². The Morgan fingerprint density at radius 2 is 1.95 bits per heavy atom. The normalized spacial score (nSPS) is 12.7. The van der Waals surface area contributed by atoms with Gasteiger partial charge in [0.1, 0.15) is 17.5 Å². The van der Waals surface area contributed by atoms with E-state index in [1.807, 2.05) is 0 Å². The van der Waals surface area contributed by atoms with Crippen LogP contribution in [0.4, 0.5) is 4.39 Å². The number of nitrogens with one attached hydrogen (secondary N) is 1. The van der Waals surface area contributed by atoms with Crippen LogP contribution < -0.4 is 5.32 Å². The van der Waals surface area contributed by atoms with Gasteiger partial charge in [0.15, 0.2) is 0 Å². The first-order chi connectivity index (χ1) is 9.10. The molecule has 0 aliphatic carbocycles. The summed E-state index contributed by atoms with van der Waals surface area (Å²) in [6.07, 6.45) is 0. The van der Waals surface area contributed by atoms with Gasteiger partial charge < -0.3 is 10.1 Å². The Kier molecular flexibility index (Phi) is 5.28. The van der Waals surface area contributed by atoms with E-state index in [2.05, 4.69) is 21.2 Å². The largest absolute Gasteiger partial charge is 0.458 e. The van der Waals surface area contributed by atoms with Crippen LogP contribution in [0.15, 0.2) is 22.7 Å². The Bertz CT molecular complexity index is 526. The molecule has 110 valence electrons. The number of amides is 1. The predicted octanol–water partition coefficient (Wildman–Crippen LogP) is 3.05. The molecule has 4 nitrogen and oxygen atoms in total. The second kappa shape index (κ2) is 6.35. The summed E-state index contributed by atoms with van der Waals surface area (Å²) in [4.78, 5) is 23.6. The molecule has 1 amide bonds. The lowest BCUT2D eigenvalue weighted by molar-refractivity contribution is -0.156. The molecular weight excluding hydrogens is 329 g/mol. The fraction of sp³-hybridized carbons (Fsp3) is 0.429. The fourth-order valence-corrected chi connectivity index (χ4v) is 1.73. The summed E-state index contributed by atoms with van der Waals surface area (Å²) < 4.78 is 19.3. The van der Waals surface area contributed by atoms with Gasteiger partial charge in [0.25, 0.3) is 5.91 Å². The Morgan fingerprint density at radius 3 is 2.45 bits per heavy atom. The number of halogens is 2. The van der Waals surface area contributed by atoms with Crippen LogP contribution >= 0.6 is 15.9 Å². The summed E-state index contributed by atoms with van der Waals surface area (Å²) >= 11 is 3.11. The van der Waals surface area contributed by atoms with Crippen molar-refractivity contribution in [3.05, 3.63) is 34.1 Å². The summed E-state index contributed by atoms with van der Waals surface area (Å²) in [7, 11) is 0. The second-order valence-corrected chi connectivity index (χ2v) is 6.27. The molecule has 0 aliphatic heterocycles. The molecule has 20 heavy (non-hydrogen) atoms. The van der Waals surface area contributed by atoms with Crippen LogP contribution in [0, 0.1) is 5.82 Å². The van der Waals surface area contributed by atoms with E-state index in [0.717, 1.165) is 0 Å². The Morgan fingerprint density at radius 1 is 1.35 bits per heavy atom. The standard InChI is InChI=1S/C14H17BrFNO3/c1-8(13(19)20-14(2,3)4)17-12(18)10-6-5-9(15)7-11(10)16/h5-8H,1-4H3,(H,17,18)/t8-/m0/s1. The smallest absolute Gasteiger partial charge is 0.328 e. The molecule has 0 aliphatic rings. The minimum atomic E-state index is -0.857. The van der Waals surface area contributed by atoms with Gasteiger partial charge in [0, 0.05) is 4.47 Å². The van der Waals surface area contributed by atoms with Crippen LogP contribution in [0.5, 0.6) is 0 Å². The zero-order valence-corrected chi connectivity index (χ0v) is 13.4. The summed E-state index contributed by atoms with van der Waals surface area (Å²) in [6, 6.07) is 3.23. The second-order valence-electron chi connectivity index (χ2n) is 5.35. The lowest BCUT2D eigenvalue weighted by Gasteiger charge is -2.22. The molecule has 0 heterocycles. The zero-order valence-electron chi connectivity index (χ0n) is 11.8. The average Bonchev–Trinajstić information content (AvgIpc) is 2.26. The fourth-order valence-electron chi connectivity index (χ4n) is 1.40. The minimum Gasteiger partial charge on any atom is -0.458 e. The molecule has 0 bridgehead atoms. The maximum atomic E-state index is 13.6. The molecular formula is C14H17BrFNO3. The quantitative estimate of drug-likeness (QED) is 0.856. The lowest BCUT2D eigenvalue weighted by atomic mass is 10.1. The van der Waals surface area contributed by atoms with Crippen LogP contribution in [0.25, 0.3) is 0 Å². The topological polar surface area (TPSA) is 55.4 Å². The summed E-state index contributed by atoms with van der Waals surface area (Å²) in [5, 5.41) is 2.41. The van der Waals surface area contributed by atoms with E-state index in [4.69, 9.17) is 4.74 Å². The van der Waals surface area contributed by atoms with Crippen molar-refractivity contribution < 1.29 is 18.7 Å². The first kappa shape index (κ1) is 16.6. The molecule has 0 unspecified atom stereocenters. The monoisotopic (exact) mass is 345 g/mol. The van der Waals surface area contributed by atoms with E-state index in [1.165, 1.54) is 19.1 Å². The zero-order chi connectivity index (χ0) is 15.5. The highest BCUT2D eigenvalue weighted by molar-refractivity contribution is 9.10. The number of benzene rings is 1. The van der Waals surface area contributed by atoms with Gasteiger partial charge in [0.05, 0.1) is 5.56 Å². The third kappa shape index (κ3) is 4.92. The number of carbonyl (C=O) groups excluding carboxylic acids is 2. The van der Waals surface area contributed by atoms with Gasteiger partial charge in [-0.25, -0.2) is 9.18 Å². The van der Waals surface area contributed by atoms with Gasteiger partial charge in [-0.1, -0.05) is 15.9 Å². The summed E-state index contributed by atoms with van der Waals surface area (Å²) in [5.74, 6) is -1.88. The third-order valence-electron chi connectivity index (χ3n) is 2.28. The van der Waals surface area contributed by atoms with Gasteiger partial charge in [0.2, 0.25) is 0 Å². The molecule has 1 aromatic carbocycles. The molecule has 1 aromatic rings. The minimum absolute atomic E-state index is 0.122. The molecule has 1 N–H and O–H groups in total. The molecule has 0 fully saturated rings. The van der Waals surface area contributed by atoms with Crippen molar-refractivity contribution in [3.63, 3.8) is 0 Å². The molecule has 1 rings (SSSR count). The predicted molar refractivity (Wildman–Crippen MR) is 76.9 cm³/mol. The van der Waals surface area contributed by atoms with Gasteiger partial charge in [-0.15, -0.1) is 0 Å². The van der Waals surface area contributed by atoms with Crippen molar-refractivity contribution in [2.75, 3.05) is 0 Å². The molecule has 0 saturated heterocycles. The van der Waals surface area contributed by atoms with Gasteiger partial charge in [-0.3, -0.25) is 4.79 Å². The van der Waals surface area contributed by atoms with Crippen LogP contribution in [-0.4, -0.2) is 23.5 Å². The van der Waals surface area contributed by atoms with E-state index in [9.17, 15) is 14.0 Å². The molecule has 0 aromatic heterocycles. The van der Waals surface area contributed by atoms with Gasteiger partial charge in [-0.2, -0.15) is 0 Å². The van der Waals surface area contributed by atoms with Crippen molar-refractivity contribution >= 4 is 27.8 Å². The third-order valence-corrected chi connectivity index (χ3v) is 2.78. The SMILES string of the molecule is C[C@H](NC(=O)c1ccc(Br)cc1F)C(=O)OC(C)(C)C. The van der Waals surface area contributed by atoms with E-state index in [1.54, 1.807) is 26.8 Å². The van der Waals surface area contributed by atoms with E-state index in [0.29, 0.717) is 4.47 Å². The van der Waals surface area contributed by atoms with Crippen molar-refractivity contribution in [1.29, 1.82) is 0 Å². The van der Waals surface area contributed by atoms with Crippen molar-refractivity contribution in [2.24, 2.45) is 0 Å². The molecule has 0 radical (unpaired) electrons. The van der Waals surface area contributed by atoms with E-state index < -0.39 is 29.3 Å². The average molecular weight is 346 g/mol. The summed E-state index contributed by atoms with van der Waals surface area (Å²) in [5.41, 5.74) is -0.762. The van der Waals surface area contributed by atoms with Crippen molar-refractivity contribution in [2.45, 2.75) is 39.3 Å². The van der Waals surface area contributed by atoms with Crippen LogP contribution in [0.3, 0.4) is 0 Å². The number of carbonyl (C=O) groups is 2. The van der Waals surface area contributed by atoms with Crippen LogP contribution in [0.1, 0.15) is 38.1 Å². The number of esters is 1. The van der Waals surface area contributed by atoms with E-state index >= 15 is 0 Å². The maximum absolute atomic E-state index is 13.6. The van der Waals surface area contributed by atoms with Gasteiger partial charge >= 0.3 is 5.97 Å². The van der Waals surface area contributed by atoms with Crippen LogP contribution in [0.2, 0.25) is 0 Å². The Hall–Kier alpha value is -1.43. The van der Waals surface area contributed by atoms with Gasteiger partial charge in [-0.05, 0) is 45.9 Å². The molecule has 0 spiro atoms. The highest BCUT2D eigenvalue weighted by atomic mass is 79.9. The number of hydrogen-bond donors (Lipinski definition) is 1. The maximum Gasteiger partial charge on any atom is 0.328 e. The first-order valence-electron chi connectivity index (χ1n) is 6.09.